The molecule has 25 heavy (non-hydrogen) atoms. The maximum atomic E-state index is 5.80. The highest BCUT2D eigenvalue weighted by molar-refractivity contribution is 7.98. The first-order chi connectivity index (χ1) is 12.3. The molecule has 0 bridgehead atoms. The molecule has 0 radical (unpaired) electrons. The molecular formula is C18H20N4O2S. The number of rotatable bonds is 5. The molecule has 0 saturated heterocycles. The van der Waals surface area contributed by atoms with Crippen molar-refractivity contribution in [3.05, 3.63) is 41.6 Å². The first kappa shape index (κ1) is 16.3. The first-order valence-electron chi connectivity index (χ1n) is 8.64. The monoisotopic (exact) mass is 356 g/mol. The van der Waals surface area contributed by atoms with E-state index >= 15 is 0 Å². The van der Waals surface area contributed by atoms with E-state index in [0.29, 0.717) is 28.6 Å². The maximum Gasteiger partial charge on any atom is 0.277 e. The summed E-state index contributed by atoms with van der Waals surface area (Å²) in [6.45, 7) is 2.05. The van der Waals surface area contributed by atoms with E-state index in [4.69, 9.17) is 8.94 Å². The van der Waals surface area contributed by atoms with Gasteiger partial charge in [0.25, 0.3) is 5.22 Å². The minimum absolute atomic E-state index is 0.423. The molecule has 7 heteroatoms. The number of nitrogens with zero attached hydrogens (tertiary/aromatic N) is 4. The highest BCUT2D eigenvalue weighted by Gasteiger charge is 2.21. The fourth-order valence-corrected chi connectivity index (χ4v) is 3.66. The Balaban J connectivity index is 1.37. The van der Waals surface area contributed by atoms with E-state index in [1.165, 1.54) is 36.6 Å². The Labute approximate surface area is 150 Å². The highest BCUT2D eigenvalue weighted by atomic mass is 32.2. The van der Waals surface area contributed by atoms with Gasteiger partial charge in [0, 0.05) is 11.5 Å². The zero-order valence-corrected chi connectivity index (χ0v) is 15.0. The SMILES string of the molecule is Cc1ccc(-c2noc(CSc3nnc(C4CCCCC4)o3)n2)cc1. The lowest BCUT2D eigenvalue weighted by atomic mass is 9.89. The standard InChI is InChI=1S/C18H20N4O2S/c1-12-7-9-13(10-8-12)16-19-15(24-22-16)11-25-18-21-20-17(23-18)14-5-3-2-4-6-14/h7-10,14H,2-6,11H2,1H3. The Morgan fingerprint density at radius 2 is 1.88 bits per heavy atom. The normalized spacial score (nSPS) is 15.6. The third kappa shape index (κ3) is 3.92. The number of hydrogen-bond acceptors (Lipinski definition) is 7. The summed E-state index contributed by atoms with van der Waals surface area (Å²) < 4.78 is 11.1. The van der Waals surface area contributed by atoms with Crippen LogP contribution in [0.1, 0.15) is 55.4 Å². The van der Waals surface area contributed by atoms with Gasteiger partial charge in [0.2, 0.25) is 17.6 Å². The molecule has 0 amide bonds. The molecule has 4 rings (SSSR count). The summed E-state index contributed by atoms with van der Waals surface area (Å²) in [7, 11) is 0. The second kappa shape index (κ2) is 7.39. The van der Waals surface area contributed by atoms with Crippen molar-refractivity contribution in [3.63, 3.8) is 0 Å². The lowest BCUT2D eigenvalue weighted by molar-refractivity contribution is 0.334. The Morgan fingerprint density at radius 1 is 1.08 bits per heavy atom. The fraction of sp³-hybridized carbons (Fsp3) is 0.444. The van der Waals surface area contributed by atoms with Crippen LogP contribution in [0.15, 0.2) is 38.4 Å². The van der Waals surface area contributed by atoms with Crippen molar-refractivity contribution in [1.29, 1.82) is 0 Å². The summed E-state index contributed by atoms with van der Waals surface area (Å²) in [6.07, 6.45) is 6.11. The lowest BCUT2D eigenvalue weighted by Gasteiger charge is -2.17. The summed E-state index contributed by atoms with van der Waals surface area (Å²) in [5.41, 5.74) is 2.15. The third-order valence-electron chi connectivity index (χ3n) is 4.47. The molecule has 1 aliphatic carbocycles. The second-order valence-corrected chi connectivity index (χ2v) is 7.33. The van der Waals surface area contributed by atoms with Crippen LogP contribution in [0.2, 0.25) is 0 Å². The molecule has 1 aromatic carbocycles. The molecule has 0 aliphatic heterocycles. The molecule has 2 heterocycles. The predicted octanol–water partition coefficient (Wildman–Crippen LogP) is 4.77. The third-order valence-corrected chi connectivity index (χ3v) is 5.28. The van der Waals surface area contributed by atoms with Crippen molar-refractivity contribution in [2.45, 2.75) is 55.9 Å². The van der Waals surface area contributed by atoms with Crippen LogP contribution in [0.25, 0.3) is 11.4 Å². The van der Waals surface area contributed by atoms with Crippen molar-refractivity contribution in [2.24, 2.45) is 0 Å². The van der Waals surface area contributed by atoms with Crippen LogP contribution in [0.5, 0.6) is 0 Å². The van der Waals surface area contributed by atoms with Crippen LogP contribution in [-0.2, 0) is 5.75 Å². The molecule has 0 N–H and O–H groups in total. The van der Waals surface area contributed by atoms with Crippen LogP contribution in [-0.4, -0.2) is 20.3 Å². The van der Waals surface area contributed by atoms with Gasteiger partial charge in [-0.05, 0) is 19.8 Å². The average molecular weight is 356 g/mol. The average Bonchev–Trinajstić information content (AvgIpc) is 3.31. The Bertz CT molecular complexity index is 822. The number of hydrogen-bond donors (Lipinski definition) is 0. The van der Waals surface area contributed by atoms with Crippen LogP contribution in [0, 0.1) is 6.92 Å². The molecular weight excluding hydrogens is 336 g/mol. The predicted molar refractivity (Wildman–Crippen MR) is 94.2 cm³/mol. The summed E-state index contributed by atoms with van der Waals surface area (Å²) >= 11 is 1.43. The molecule has 1 fully saturated rings. The van der Waals surface area contributed by atoms with E-state index in [1.807, 2.05) is 31.2 Å². The van der Waals surface area contributed by atoms with Gasteiger partial charge in [-0.1, -0.05) is 66.0 Å². The first-order valence-corrected chi connectivity index (χ1v) is 9.62. The minimum atomic E-state index is 0.423. The van der Waals surface area contributed by atoms with Gasteiger partial charge in [-0.25, -0.2) is 0 Å². The van der Waals surface area contributed by atoms with Crippen LogP contribution >= 0.6 is 11.8 Å². The van der Waals surface area contributed by atoms with Gasteiger partial charge in [-0.3, -0.25) is 0 Å². The van der Waals surface area contributed by atoms with Crippen molar-refractivity contribution in [1.82, 2.24) is 20.3 Å². The van der Waals surface area contributed by atoms with Gasteiger partial charge in [0.05, 0.1) is 5.75 Å². The lowest BCUT2D eigenvalue weighted by Crippen LogP contribution is -2.04. The van der Waals surface area contributed by atoms with E-state index in [2.05, 4.69) is 20.3 Å². The summed E-state index contributed by atoms with van der Waals surface area (Å²) in [5, 5.41) is 13.0. The van der Waals surface area contributed by atoms with Crippen molar-refractivity contribution < 1.29 is 8.94 Å². The van der Waals surface area contributed by atoms with E-state index in [-0.39, 0.29) is 0 Å². The summed E-state index contributed by atoms with van der Waals surface area (Å²) in [5.74, 6) is 2.87. The summed E-state index contributed by atoms with van der Waals surface area (Å²) in [4.78, 5) is 4.43. The smallest absolute Gasteiger partial charge is 0.277 e. The molecule has 1 saturated carbocycles. The van der Waals surface area contributed by atoms with Crippen molar-refractivity contribution in [2.75, 3.05) is 0 Å². The molecule has 130 valence electrons. The molecule has 0 spiro atoms. The van der Waals surface area contributed by atoms with Crippen LogP contribution in [0.4, 0.5) is 0 Å². The van der Waals surface area contributed by atoms with Gasteiger partial charge in [0.1, 0.15) is 0 Å². The molecule has 0 unspecified atom stereocenters. The number of aryl methyl sites for hydroxylation is 1. The van der Waals surface area contributed by atoms with Gasteiger partial charge < -0.3 is 8.94 Å². The fourth-order valence-electron chi connectivity index (χ4n) is 3.05. The number of benzene rings is 1. The number of aromatic nitrogens is 4. The molecule has 1 aliphatic rings. The zero-order chi connectivity index (χ0) is 17.1. The van der Waals surface area contributed by atoms with Gasteiger partial charge in [-0.2, -0.15) is 4.98 Å². The van der Waals surface area contributed by atoms with Gasteiger partial charge in [0.15, 0.2) is 0 Å². The Morgan fingerprint density at radius 3 is 2.68 bits per heavy atom. The molecule has 6 nitrogen and oxygen atoms in total. The largest absolute Gasteiger partial charge is 0.416 e. The van der Waals surface area contributed by atoms with E-state index in [0.717, 1.165) is 24.3 Å². The van der Waals surface area contributed by atoms with Gasteiger partial charge >= 0.3 is 0 Å². The van der Waals surface area contributed by atoms with Gasteiger partial charge in [-0.15, -0.1) is 10.2 Å². The zero-order valence-electron chi connectivity index (χ0n) is 14.1. The quantitative estimate of drug-likeness (QED) is 0.609. The number of thioether (sulfide) groups is 1. The van der Waals surface area contributed by atoms with Crippen molar-refractivity contribution >= 4 is 11.8 Å². The summed E-state index contributed by atoms with van der Waals surface area (Å²) in [6, 6.07) is 8.05. The van der Waals surface area contributed by atoms with E-state index in [9.17, 15) is 0 Å². The minimum Gasteiger partial charge on any atom is -0.416 e. The van der Waals surface area contributed by atoms with Crippen LogP contribution in [0.3, 0.4) is 0 Å². The Kier molecular flexibility index (Phi) is 4.83. The molecule has 2 aromatic heterocycles. The maximum absolute atomic E-state index is 5.80. The second-order valence-electron chi connectivity index (χ2n) is 6.41. The van der Waals surface area contributed by atoms with E-state index in [1.54, 1.807) is 0 Å². The molecule has 3 aromatic rings. The topological polar surface area (TPSA) is 77.8 Å². The van der Waals surface area contributed by atoms with Crippen LogP contribution < -0.4 is 0 Å². The van der Waals surface area contributed by atoms with Crippen molar-refractivity contribution in [3.8, 4) is 11.4 Å². The highest BCUT2D eigenvalue weighted by Crippen LogP contribution is 2.33. The van der Waals surface area contributed by atoms with E-state index < -0.39 is 0 Å². The molecule has 0 atom stereocenters. The Hall–Kier alpha value is -2.15.